The van der Waals surface area contributed by atoms with Gasteiger partial charge in [-0.25, -0.2) is 4.98 Å². The number of rotatable bonds is 4. The molecule has 0 unspecified atom stereocenters. The summed E-state index contributed by atoms with van der Waals surface area (Å²) in [5.41, 5.74) is 4.26. The Labute approximate surface area is 139 Å². The van der Waals surface area contributed by atoms with Crippen molar-refractivity contribution in [2.75, 3.05) is 7.11 Å². The number of imidazole rings is 1. The standard InChI is InChI=1S/C18H18N4O2/c1-12-4-6-14(7-5-12)20-21-18-15(11-17(23)24-3)19-16-10-13(2)8-9-22(16)18/h4-10H,11H2,1-3H3. The number of benzene rings is 1. The molecule has 2 aromatic heterocycles. The molecular weight excluding hydrogens is 304 g/mol. The van der Waals surface area contributed by atoms with Crippen LogP contribution in [0.5, 0.6) is 0 Å². The van der Waals surface area contributed by atoms with Crippen molar-refractivity contribution in [2.24, 2.45) is 10.2 Å². The summed E-state index contributed by atoms with van der Waals surface area (Å²) in [5, 5.41) is 8.60. The zero-order valence-electron chi connectivity index (χ0n) is 13.9. The first-order valence-corrected chi connectivity index (χ1v) is 7.59. The van der Waals surface area contributed by atoms with E-state index in [4.69, 9.17) is 4.74 Å². The lowest BCUT2D eigenvalue weighted by Gasteiger charge is -1.99. The van der Waals surface area contributed by atoms with Gasteiger partial charge in [-0.2, -0.15) is 0 Å². The van der Waals surface area contributed by atoms with E-state index in [-0.39, 0.29) is 12.4 Å². The summed E-state index contributed by atoms with van der Waals surface area (Å²) in [5.74, 6) is 0.179. The lowest BCUT2D eigenvalue weighted by molar-refractivity contribution is -0.139. The minimum absolute atomic E-state index is 0.0550. The Hall–Kier alpha value is -3.02. The summed E-state index contributed by atoms with van der Waals surface area (Å²) in [6.07, 6.45) is 1.93. The van der Waals surface area contributed by atoms with E-state index < -0.39 is 0 Å². The van der Waals surface area contributed by atoms with Crippen LogP contribution in [0.2, 0.25) is 0 Å². The number of hydrogen-bond donors (Lipinski definition) is 0. The number of esters is 1. The fraction of sp³-hybridized carbons (Fsp3) is 0.222. The maximum absolute atomic E-state index is 11.6. The van der Waals surface area contributed by atoms with E-state index in [1.807, 2.05) is 60.8 Å². The quantitative estimate of drug-likeness (QED) is 0.537. The molecule has 0 aliphatic heterocycles. The van der Waals surface area contributed by atoms with E-state index in [2.05, 4.69) is 15.2 Å². The van der Waals surface area contributed by atoms with E-state index in [0.717, 1.165) is 22.5 Å². The lowest BCUT2D eigenvalue weighted by atomic mass is 10.2. The molecule has 0 spiro atoms. The first-order chi connectivity index (χ1) is 11.6. The van der Waals surface area contributed by atoms with Crippen LogP contribution in [0.15, 0.2) is 52.8 Å². The monoisotopic (exact) mass is 322 g/mol. The van der Waals surface area contributed by atoms with Crippen LogP contribution in [0.4, 0.5) is 11.5 Å². The Balaban J connectivity index is 2.04. The van der Waals surface area contributed by atoms with Gasteiger partial charge in [-0.1, -0.05) is 17.7 Å². The Morgan fingerprint density at radius 3 is 2.58 bits per heavy atom. The second kappa shape index (κ2) is 6.62. The normalized spacial score (nSPS) is 11.3. The molecule has 6 heteroatoms. The summed E-state index contributed by atoms with van der Waals surface area (Å²) in [6, 6.07) is 11.6. The van der Waals surface area contributed by atoms with Crippen molar-refractivity contribution >= 4 is 23.1 Å². The summed E-state index contributed by atoms with van der Waals surface area (Å²) in [7, 11) is 1.36. The summed E-state index contributed by atoms with van der Waals surface area (Å²) >= 11 is 0. The summed E-state index contributed by atoms with van der Waals surface area (Å²) in [6.45, 7) is 4.00. The highest BCUT2D eigenvalue weighted by Crippen LogP contribution is 2.25. The molecule has 122 valence electrons. The molecule has 0 saturated heterocycles. The van der Waals surface area contributed by atoms with Crippen molar-refractivity contribution < 1.29 is 9.53 Å². The van der Waals surface area contributed by atoms with Gasteiger partial charge < -0.3 is 4.74 Å². The van der Waals surface area contributed by atoms with Gasteiger partial charge in [0.25, 0.3) is 0 Å². The number of ether oxygens (including phenoxy) is 1. The zero-order valence-corrected chi connectivity index (χ0v) is 13.9. The van der Waals surface area contributed by atoms with E-state index in [9.17, 15) is 4.79 Å². The number of nitrogens with zero attached hydrogens (tertiary/aromatic N) is 4. The van der Waals surface area contributed by atoms with Crippen molar-refractivity contribution in [1.29, 1.82) is 0 Å². The van der Waals surface area contributed by atoms with Gasteiger partial charge in [0.2, 0.25) is 0 Å². The van der Waals surface area contributed by atoms with Crippen molar-refractivity contribution in [3.8, 4) is 0 Å². The molecule has 0 atom stereocenters. The molecule has 0 saturated carbocycles. The molecule has 0 aliphatic carbocycles. The van der Waals surface area contributed by atoms with Crippen molar-refractivity contribution in [1.82, 2.24) is 9.38 Å². The van der Waals surface area contributed by atoms with Gasteiger partial charge in [0.1, 0.15) is 5.65 Å². The van der Waals surface area contributed by atoms with Crippen LogP contribution in [0.25, 0.3) is 5.65 Å². The van der Waals surface area contributed by atoms with Crippen LogP contribution in [-0.4, -0.2) is 22.5 Å². The molecule has 2 heterocycles. The number of pyridine rings is 1. The number of carbonyl (C=O) groups excluding carboxylic acids is 1. The van der Waals surface area contributed by atoms with E-state index >= 15 is 0 Å². The Bertz CT molecular complexity index is 911. The van der Waals surface area contributed by atoms with Crippen molar-refractivity contribution in [2.45, 2.75) is 20.3 Å². The molecule has 0 N–H and O–H groups in total. The van der Waals surface area contributed by atoms with Gasteiger partial charge in [-0.3, -0.25) is 9.20 Å². The second-order valence-electron chi connectivity index (χ2n) is 5.60. The minimum atomic E-state index is -0.359. The van der Waals surface area contributed by atoms with Crippen LogP contribution in [0.1, 0.15) is 16.8 Å². The number of aryl methyl sites for hydroxylation is 2. The molecule has 0 radical (unpaired) electrons. The molecule has 0 aliphatic rings. The molecule has 6 nitrogen and oxygen atoms in total. The van der Waals surface area contributed by atoms with Crippen LogP contribution in [0.3, 0.4) is 0 Å². The average molecular weight is 322 g/mol. The third-order valence-electron chi connectivity index (χ3n) is 3.66. The second-order valence-corrected chi connectivity index (χ2v) is 5.60. The molecule has 0 bridgehead atoms. The highest BCUT2D eigenvalue weighted by molar-refractivity contribution is 5.74. The first kappa shape index (κ1) is 15.9. The third-order valence-corrected chi connectivity index (χ3v) is 3.66. The maximum atomic E-state index is 11.6. The third kappa shape index (κ3) is 3.32. The van der Waals surface area contributed by atoms with Gasteiger partial charge in [0, 0.05) is 6.20 Å². The Kier molecular flexibility index (Phi) is 4.37. The molecule has 24 heavy (non-hydrogen) atoms. The van der Waals surface area contributed by atoms with Gasteiger partial charge in [0.15, 0.2) is 5.82 Å². The number of azo groups is 1. The summed E-state index contributed by atoms with van der Waals surface area (Å²) < 4.78 is 6.57. The number of fused-ring (bicyclic) bond motifs is 1. The average Bonchev–Trinajstić information content (AvgIpc) is 2.90. The van der Waals surface area contributed by atoms with E-state index in [1.165, 1.54) is 7.11 Å². The van der Waals surface area contributed by atoms with Crippen LogP contribution < -0.4 is 0 Å². The Morgan fingerprint density at radius 1 is 1.12 bits per heavy atom. The van der Waals surface area contributed by atoms with E-state index in [0.29, 0.717) is 11.5 Å². The summed E-state index contributed by atoms with van der Waals surface area (Å²) in [4.78, 5) is 16.1. The number of hydrogen-bond acceptors (Lipinski definition) is 5. The first-order valence-electron chi connectivity index (χ1n) is 7.59. The predicted octanol–water partition coefficient (Wildman–Crippen LogP) is 4.08. The number of methoxy groups -OCH3 is 1. The maximum Gasteiger partial charge on any atom is 0.311 e. The lowest BCUT2D eigenvalue weighted by Crippen LogP contribution is -2.04. The minimum Gasteiger partial charge on any atom is -0.469 e. The molecule has 3 aromatic rings. The Morgan fingerprint density at radius 2 is 1.88 bits per heavy atom. The molecular formula is C18H18N4O2. The van der Waals surface area contributed by atoms with Crippen LogP contribution >= 0.6 is 0 Å². The van der Waals surface area contributed by atoms with Gasteiger partial charge in [-0.15, -0.1) is 10.2 Å². The van der Waals surface area contributed by atoms with Gasteiger partial charge >= 0.3 is 5.97 Å². The van der Waals surface area contributed by atoms with Crippen molar-refractivity contribution in [3.63, 3.8) is 0 Å². The molecule has 0 fully saturated rings. The van der Waals surface area contributed by atoms with Crippen molar-refractivity contribution in [3.05, 3.63) is 59.4 Å². The number of aromatic nitrogens is 2. The van der Waals surface area contributed by atoms with Crippen LogP contribution in [0, 0.1) is 13.8 Å². The highest BCUT2D eigenvalue weighted by atomic mass is 16.5. The van der Waals surface area contributed by atoms with Crippen LogP contribution in [-0.2, 0) is 16.0 Å². The molecule has 3 rings (SSSR count). The fourth-order valence-corrected chi connectivity index (χ4v) is 2.33. The molecule has 1 aromatic carbocycles. The van der Waals surface area contributed by atoms with Gasteiger partial charge in [-0.05, 0) is 43.7 Å². The SMILES string of the molecule is COC(=O)Cc1nc2cc(C)ccn2c1N=Nc1ccc(C)cc1. The molecule has 0 amide bonds. The predicted molar refractivity (Wildman–Crippen MR) is 91.0 cm³/mol. The number of carbonyl (C=O) groups is 1. The van der Waals surface area contributed by atoms with E-state index in [1.54, 1.807) is 0 Å². The smallest absolute Gasteiger partial charge is 0.311 e. The fourth-order valence-electron chi connectivity index (χ4n) is 2.33. The zero-order chi connectivity index (χ0) is 17.1. The largest absolute Gasteiger partial charge is 0.469 e. The van der Waals surface area contributed by atoms with Gasteiger partial charge in [0.05, 0.1) is 24.9 Å². The topological polar surface area (TPSA) is 68.3 Å². The highest BCUT2D eigenvalue weighted by Gasteiger charge is 2.15.